The lowest BCUT2D eigenvalue weighted by atomic mass is 10.3. The van der Waals surface area contributed by atoms with Gasteiger partial charge in [0.25, 0.3) is 10.1 Å². The average molecular weight is 402 g/mol. The number of methoxy groups -OCH3 is 2. The van der Waals surface area contributed by atoms with Gasteiger partial charge in [-0.3, -0.25) is 4.55 Å². The zero-order valence-corrected chi connectivity index (χ0v) is 16.6. The molecule has 0 unspecified atom stereocenters. The molecular formula is C20H19O5PS. The predicted molar refractivity (Wildman–Crippen MR) is 108 cm³/mol. The van der Waals surface area contributed by atoms with E-state index in [9.17, 15) is 13.0 Å². The molecule has 1 N–H and O–H groups in total. The van der Waals surface area contributed by atoms with Crippen LogP contribution in [0.2, 0.25) is 0 Å². The Hall–Kier alpha value is -2.40. The zero-order valence-electron chi connectivity index (χ0n) is 14.9. The Kier molecular flexibility index (Phi) is 5.80. The van der Waals surface area contributed by atoms with E-state index in [1.807, 2.05) is 48.5 Å². The van der Waals surface area contributed by atoms with Crippen LogP contribution in [0, 0.1) is 0 Å². The molecule has 0 bridgehead atoms. The molecule has 0 amide bonds. The third-order valence-corrected chi connectivity index (χ3v) is 7.53. The first-order valence-corrected chi connectivity index (χ1v) is 10.9. The molecule has 3 rings (SSSR count). The lowest BCUT2D eigenvalue weighted by molar-refractivity contribution is 0.415. The highest BCUT2D eigenvalue weighted by Crippen LogP contribution is 2.37. The summed E-state index contributed by atoms with van der Waals surface area (Å²) in [4.78, 5) is -0.0956. The van der Waals surface area contributed by atoms with E-state index < -0.39 is 18.0 Å². The quantitative estimate of drug-likeness (QED) is 0.507. The second-order valence-electron chi connectivity index (χ2n) is 5.68. The van der Waals surface area contributed by atoms with Crippen LogP contribution in [-0.4, -0.2) is 27.2 Å². The smallest absolute Gasteiger partial charge is 0.295 e. The summed E-state index contributed by atoms with van der Waals surface area (Å²) in [5.74, 6) is 1.35. The average Bonchev–Trinajstić information content (AvgIpc) is 2.68. The fourth-order valence-corrected chi connectivity index (χ4v) is 6.36. The van der Waals surface area contributed by atoms with Gasteiger partial charge in [0.05, 0.1) is 14.2 Å². The van der Waals surface area contributed by atoms with Gasteiger partial charge >= 0.3 is 0 Å². The fraction of sp³-hybridized carbons (Fsp3) is 0.100. The van der Waals surface area contributed by atoms with Crippen molar-refractivity contribution in [3.63, 3.8) is 0 Å². The summed E-state index contributed by atoms with van der Waals surface area (Å²) >= 11 is 0. The molecule has 0 saturated carbocycles. The molecule has 3 aromatic carbocycles. The van der Waals surface area contributed by atoms with E-state index in [1.165, 1.54) is 6.07 Å². The number of hydrogen-bond acceptors (Lipinski definition) is 4. The molecule has 0 spiro atoms. The van der Waals surface area contributed by atoms with Crippen LogP contribution in [-0.2, 0) is 10.1 Å². The summed E-state index contributed by atoms with van der Waals surface area (Å²) in [5.41, 5.74) is 0. The summed E-state index contributed by atoms with van der Waals surface area (Å²) in [6.45, 7) is 0. The summed E-state index contributed by atoms with van der Waals surface area (Å²) in [7, 11) is -2.48. The summed E-state index contributed by atoms with van der Waals surface area (Å²) in [5, 5.41) is 2.33. The van der Waals surface area contributed by atoms with Crippen molar-refractivity contribution in [1.29, 1.82) is 0 Å². The Morgan fingerprint density at radius 2 is 1.30 bits per heavy atom. The van der Waals surface area contributed by atoms with Crippen molar-refractivity contribution in [2.24, 2.45) is 0 Å². The SMILES string of the molecule is COc1cccc(P(c2cccc(OC)c2)c2ccccc2S(=O)(=O)O)c1. The van der Waals surface area contributed by atoms with E-state index in [2.05, 4.69) is 0 Å². The van der Waals surface area contributed by atoms with Gasteiger partial charge in [-0.1, -0.05) is 42.5 Å². The maximum Gasteiger partial charge on any atom is 0.295 e. The molecule has 0 fully saturated rings. The molecule has 0 aliphatic heterocycles. The Morgan fingerprint density at radius 1 is 0.778 bits per heavy atom. The highest BCUT2D eigenvalue weighted by atomic mass is 32.2. The standard InChI is InChI=1S/C20H19O5PS/c1-24-15-7-5-9-17(13-15)26(18-10-6-8-16(14-18)25-2)19-11-3-4-12-20(19)27(21,22)23/h3-14H,1-2H3,(H,21,22,23). The fourth-order valence-electron chi connectivity index (χ4n) is 2.79. The maximum absolute atomic E-state index is 12.0. The highest BCUT2D eigenvalue weighted by molar-refractivity contribution is 7.88. The van der Waals surface area contributed by atoms with E-state index in [0.29, 0.717) is 16.8 Å². The van der Waals surface area contributed by atoms with Crippen LogP contribution in [0.3, 0.4) is 0 Å². The molecule has 0 radical (unpaired) electrons. The first-order valence-electron chi connectivity index (χ1n) is 8.09. The zero-order chi connectivity index (χ0) is 19.4. The van der Waals surface area contributed by atoms with E-state index in [4.69, 9.17) is 9.47 Å². The molecule has 0 saturated heterocycles. The molecule has 3 aromatic rings. The van der Waals surface area contributed by atoms with Crippen LogP contribution < -0.4 is 25.4 Å². The van der Waals surface area contributed by atoms with E-state index in [-0.39, 0.29) is 4.90 Å². The van der Waals surface area contributed by atoms with Crippen LogP contribution in [0.4, 0.5) is 0 Å². The Morgan fingerprint density at radius 3 is 1.78 bits per heavy atom. The van der Waals surface area contributed by atoms with Crippen LogP contribution in [0.1, 0.15) is 0 Å². The summed E-state index contributed by atoms with van der Waals surface area (Å²) in [6, 6.07) is 21.5. The van der Waals surface area contributed by atoms with Crippen LogP contribution in [0.25, 0.3) is 0 Å². The molecule has 5 nitrogen and oxygen atoms in total. The van der Waals surface area contributed by atoms with Crippen LogP contribution in [0.5, 0.6) is 11.5 Å². The normalized spacial score (nSPS) is 11.4. The molecule has 140 valence electrons. The minimum absolute atomic E-state index is 0.0956. The lowest BCUT2D eigenvalue weighted by Crippen LogP contribution is -2.25. The first kappa shape index (κ1) is 19.4. The van der Waals surface area contributed by atoms with Gasteiger partial charge in [0.2, 0.25) is 0 Å². The van der Waals surface area contributed by atoms with Crippen molar-refractivity contribution in [3.05, 3.63) is 72.8 Å². The predicted octanol–water partition coefficient (Wildman–Crippen LogP) is 2.71. The van der Waals surface area contributed by atoms with Gasteiger partial charge in [0, 0.05) is 5.30 Å². The molecule has 0 aliphatic carbocycles. The third-order valence-electron chi connectivity index (χ3n) is 4.01. The molecule has 7 heteroatoms. The van der Waals surface area contributed by atoms with Gasteiger partial charge in [0.1, 0.15) is 16.4 Å². The van der Waals surface area contributed by atoms with Crippen molar-refractivity contribution in [2.45, 2.75) is 4.90 Å². The monoisotopic (exact) mass is 402 g/mol. The van der Waals surface area contributed by atoms with Crippen molar-refractivity contribution in [2.75, 3.05) is 14.2 Å². The second-order valence-corrected chi connectivity index (χ2v) is 9.26. The lowest BCUT2D eigenvalue weighted by Gasteiger charge is -2.22. The number of hydrogen-bond donors (Lipinski definition) is 1. The molecule has 0 aromatic heterocycles. The highest BCUT2D eigenvalue weighted by Gasteiger charge is 2.25. The second kappa shape index (κ2) is 8.09. The van der Waals surface area contributed by atoms with E-state index in [0.717, 1.165) is 10.6 Å². The van der Waals surface area contributed by atoms with Crippen molar-refractivity contribution >= 4 is 34.0 Å². The first-order chi connectivity index (χ1) is 12.9. The van der Waals surface area contributed by atoms with E-state index in [1.54, 1.807) is 32.4 Å². The summed E-state index contributed by atoms with van der Waals surface area (Å²) < 4.78 is 44.4. The van der Waals surface area contributed by atoms with Gasteiger partial charge in [0.15, 0.2) is 0 Å². The minimum Gasteiger partial charge on any atom is -0.497 e. The van der Waals surface area contributed by atoms with Gasteiger partial charge in [-0.2, -0.15) is 8.42 Å². The minimum atomic E-state index is -4.37. The van der Waals surface area contributed by atoms with Gasteiger partial charge in [-0.05, 0) is 48.9 Å². The van der Waals surface area contributed by atoms with Gasteiger partial charge in [-0.25, -0.2) is 0 Å². The van der Waals surface area contributed by atoms with E-state index >= 15 is 0 Å². The summed E-state index contributed by atoms with van der Waals surface area (Å²) in [6.07, 6.45) is 0. The van der Waals surface area contributed by atoms with Crippen molar-refractivity contribution in [1.82, 2.24) is 0 Å². The Balaban J connectivity index is 2.29. The van der Waals surface area contributed by atoms with Crippen molar-refractivity contribution in [3.8, 4) is 11.5 Å². The van der Waals surface area contributed by atoms with Crippen LogP contribution in [0.15, 0.2) is 77.7 Å². The topological polar surface area (TPSA) is 72.8 Å². The molecule has 0 aliphatic rings. The number of ether oxygens (including phenoxy) is 2. The molecular weight excluding hydrogens is 383 g/mol. The van der Waals surface area contributed by atoms with Crippen LogP contribution >= 0.6 is 7.92 Å². The molecule has 0 atom stereocenters. The molecule has 27 heavy (non-hydrogen) atoms. The number of rotatable bonds is 6. The Labute approximate surface area is 160 Å². The van der Waals surface area contributed by atoms with Gasteiger partial charge < -0.3 is 9.47 Å². The Bertz CT molecular complexity index is 1000. The molecule has 0 heterocycles. The third kappa shape index (κ3) is 4.30. The maximum atomic E-state index is 12.0. The van der Waals surface area contributed by atoms with Crippen molar-refractivity contribution < 1.29 is 22.4 Å². The van der Waals surface area contributed by atoms with Gasteiger partial charge in [-0.15, -0.1) is 0 Å². The number of benzene rings is 3. The largest absolute Gasteiger partial charge is 0.497 e.